The van der Waals surface area contributed by atoms with Crippen molar-refractivity contribution in [2.45, 2.75) is 50.9 Å². The van der Waals surface area contributed by atoms with E-state index in [2.05, 4.69) is 20.6 Å². The first kappa shape index (κ1) is 21.5. The average Bonchev–Trinajstić information content (AvgIpc) is 2.79. The summed E-state index contributed by atoms with van der Waals surface area (Å²) in [6.07, 6.45) is 4.53. The summed E-state index contributed by atoms with van der Waals surface area (Å²) < 4.78 is 5.55. The second-order valence-electron chi connectivity index (χ2n) is 8.16. The molecule has 0 radical (unpaired) electrons. The number of aromatic nitrogens is 2. The number of aliphatic hydroxyl groups is 1. The molecule has 9 heteroatoms. The summed E-state index contributed by atoms with van der Waals surface area (Å²) in [6.45, 7) is 3.39. The van der Waals surface area contributed by atoms with Gasteiger partial charge in [0.15, 0.2) is 0 Å². The highest BCUT2D eigenvalue weighted by Crippen LogP contribution is 2.23. The molecule has 2 aromatic rings. The largest absolute Gasteiger partial charge is 0.393 e. The van der Waals surface area contributed by atoms with Crippen molar-refractivity contribution in [1.29, 1.82) is 0 Å². The van der Waals surface area contributed by atoms with Crippen molar-refractivity contribution in [2.24, 2.45) is 0 Å². The number of nitrogens with zero attached hydrogens (tertiary/aromatic N) is 3. The third-order valence-electron chi connectivity index (χ3n) is 5.98. The standard InChI is InChI=1S/C22H29N5O4/c1-2-27-12-17(31-13-19(27)29)11-23-21(30)18-5-3-4-14-10-24-22(26-20(14)18)25-15-6-8-16(28)9-7-15/h3-5,10,15-17,28H,2,6-9,11-13H2,1H3,(H,23,30)(H,24,25,26)/t15-,16-,17?. The summed E-state index contributed by atoms with van der Waals surface area (Å²) in [5, 5.41) is 16.7. The molecular weight excluding hydrogens is 398 g/mol. The van der Waals surface area contributed by atoms with Crippen LogP contribution in [0.15, 0.2) is 24.4 Å². The fraction of sp³-hybridized carbons (Fsp3) is 0.545. The monoisotopic (exact) mass is 427 g/mol. The van der Waals surface area contributed by atoms with Gasteiger partial charge in [-0.2, -0.15) is 0 Å². The van der Waals surface area contributed by atoms with Crippen molar-refractivity contribution < 1.29 is 19.4 Å². The summed E-state index contributed by atoms with van der Waals surface area (Å²) in [7, 11) is 0. The summed E-state index contributed by atoms with van der Waals surface area (Å²) in [5.74, 6) is 0.227. The minimum atomic E-state index is -0.236. The van der Waals surface area contributed by atoms with Gasteiger partial charge in [0.25, 0.3) is 5.91 Å². The zero-order chi connectivity index (χ0) is 21.8. The van der Waals surface area contributed by atoms with Crippen molar-refractivity contribution in [3.8, 4) is 0 Å². The number of morpholine rings is 1. The number of para-hydroxylation sites is 1. The predicted octanol–water partition coefficient (Wildman–Crippen LogP) is 1.32. The highest BCUT2D eigenvalue weighted by atomic mass is 16.5. The highest BCUT2D eigenvalue weighted by Gasteiger charge is 2.26. The Morgan fingerprint density at radius 2 is 2.10 bits per heavy atom. The fourth-order valence-electron chi connectivity index (χ4n) is 4.12. The molecule has 1 saturated carbocycles. The number of hydrogen-bond acceptors (Lipinski definition) is 7. The molecule has 1 saturated heterocycles. The summed E-state index contributed by atoms with van der Waals surface area (Å²) >= 11 is 0. The van der Waals surface area contributed by atoms with Crippen LogP contribution in [0.5, 0.6) is 0 Å². The Morgan fingerprint density at radius 3 is 2.87 bits per heavy atom. The summed E-state index contributed by atoms with van der Waals surface area (Å²) in [5.41, 5.74) is 1.06. The van der Waals surface area contributed by atoms with E-state index in [0.717, 1.165) is 31.1 Å². The first-order chi connectivity index (χ1) is 15.0. The van der Waals surface area contributed by atoms with Crippen LogP contribution >= 0.6 is 0 Å². The molecule has 2 amide bonds. The molecule has 9 nitrogen and oxygen atoms in total. The van der Waals surface area contributed by atoms with Crippen molar-refractivity contribution in [3.63, 3.8) is 0 Å². The Hall–Kier alpha value is -2.78. The van der Waals surface area contributed by atoms with E-state index < -0.39 is 0 Å². The fourth-order valence-corrected chi connectivity index (χ4v) is 4.12. The SMILES string of the molecule is CCN1CC(CNC(=O)c2cccc3cnc(N[C@H]4CC[C@H](O)CC4)nc23)OCC1=O. The van der Waals surface area contributed by atoms with Crippen LogP contribution in [0.4, 0.5) is 5.95 Å². The summed E-state index contributed by atoms with van der Waals surface area (Å²) in [4.78, 5) is 35.4. The number of ether oxygens (including phenoxy) is 1. The normalized spacial score (nSPS) is 24.3. The van der Waals surface area contributed by atoms with Crippen LogP contribution in [-0.4, -0.2) is 76.3 Å². The van der Waals surface area contributed by atoms with Crippen LogP contribution in [-0.2, 0) is 9.53 Å². The van der Waals surface area contributed by atoms with E-state index in [0.29, 0.717) is 36.7 Å². The molecule has 0 spiro atoms. The van der Waals surface area contributed by atoms with Crippen molar-refractivity contribution in [2.75, 3.05) is 31.6 Å². The number of carbonyl (C=O) groups excluding carboxylic acids is 2. The minimum absolute atomic E-state index is 0.0247. The Morgan fingerprint density at radius 1 is 1.29 bits per heavy atom. The maximum atomic E-state index is 12.9. The van der Waals surface area contributed by atoms with Crippen LogP contribution in [0.2, 0.25) is 0 Å². The Bertz CT molecular complexity index is 945. The highest BCUT2D eigenvalue weighted by molar-refractivity contribution is 6.05. The van der Waals surface area contributed by atoms with Gasteiger partial charge in [0.1, 0.15) is 6.61 Å². The zero-order valence-electron chi connectivity index (χ0n) is 17.7. The van der Waals surface area contributed by atoms with E-state index in [1.165, 1.54) is 0 Å². The zero-order valence-corrected chi connectivity index (χ0v) is 17.7. The molecule has 1 unspecified atom stereocenters. The number of fused-ring (bicyclic) bond motifs is 1. The van der Waals surface area contributed by atoms with Crippen molar-refractivity contribution >= 4 is 28.7 Å². The molecule has 2 aliphatic rings. The van der Waals surface area contributed by atoms with Gasteiger partial charge in [0.2, 0.25) is 11.9 Å². The van der Waals surface area contributed by atoms with E-state index >= 15 is 0 Å². The lowest BCUT2D eigenvalue weighted by Crippen LogP contribution is -2.50. The average molecular weight is 428 g/mol. The molecule has 2 heterocycles. The third kappa shape index (κ3) is 5.11. The molecule has 1 aromatic heterocycles. The third-order valence-corrected chi connectivity index (χ3v) is 5.98. The van der Waals surface area contributed by atoms with Gasteiger partial charge in [-0.05, 0) is 38.7 Å². The minimum Gasteiger partial charge on any atom is -0.393 e. The van der Waals surface area contributed by atoms with E-state index in [4.69, 9.17) is 4.74 Å². The molecule has 3 N–H and O–H groups in total. The number of nitrogens with one attached hydrogen (secondary N) is 2. The number of anilines is 1. The van der Waals surface area contributed by atoms with Gasteiger partial charge in [-0.3, -0.25) is 9.59 Å². The topological polar surface area (TPSA) is 117 Å². The van der Waals surface area contributed by atoms with Gasteiger partial charge in [0.05, 0.1) is 23.3 Å². The second kappa shape index (κ2) is 9.57. The lowest BCUT2D eigenvalue weighted by atomic mass is 9.93. The van der Waals surface area contributed by atoms with Crippen LogP contribution in [0.25, 0.3) is 10.9 Å². The molecule has 1 aromatic carbocycles. The molecule has 31 heavy (non-hydrogen) atoms. The van der Waals surface area contributed by atoms with Crippen molar-refractivity contribution in [3.05, 3.63) is 30.0 Å². The van der Waals surface area contributed by atoms with E-state index in [1.807, 2.05) is 19.1 Å². The first-order valence-corrected chi connectivity index (χ1v) is 10.9. The maximum absolute atomic E-state index is 12.9. The number of likely N-dealkylation sites (N-methyl/N-ethyl adjacent to an activating group) is 1. The Kier molecular flexibility index (Phi) is 6.62. The molecule has 1 aliphatic heterocycles. The maximum Gasteiger partial charge on any atom is 0.253 e. The summed E-state index contributed by atoms with van der Waals surface area (Å²) in [6, 6.07) is 5.65. The van der Waals surface area contributed by atoms with E-state index in [9.17, 15) is 14.7 Å². The van der Waals surface area contributed by atoms with Gasteiger partial charge >= 0.3 is 0 Å². The van der Waals surface area contributed by atoms with Crippen LogP contribution in [0.1, 0.15) is 43.0 Å². The molecule has 166 valence electrons. The molecule has 1 atom stereocenters. The second-order valence-corrected chi connectivity index (χ2v) is 8.16. The van der Waals surface area contributed by atoms with Gasteiger partial charge in [-0.1, -0.05) is 12.1 Å². The number of carbonyl (C=O) groups is 2. The van der Waals surface area contributed by atoms with E-state index in [1.54, 1.807) is 17.2 Å². The number of amides is 2. The predicted molar refractivity (Wildman–Crippen MR) is 116 cm³/mol. The molecule has 0 bridgehead atoms. The molecule has 4 rings (SSSR count). The van der Waals surface area contributed by atoms with Crippen LogP contribution < -0.4 is 10.6 Å². The first-order valence-electron chi connectivity index (χ1n) is 10.9. The van der Waals surface area contributed by atoms with Gasteiger partial charge in [-0.15, -0.1) is 0 Å². The lowest BCUT2D eigenvalue weighted by Gasteiger charge is -2.32. The Balaban J connectivity index is 1.44. The molecule has 1 aliphatic carbocycles. The van der Waals surface area contributed by atoms with Gasteiger partial charge < -0.3 is 25.4 Å². The van der Waals surface area contributed by atoms with Gasteiger partial charge in [0, 0.05) is 37.3 Å². The van der Waals surface area contributed by atoms with Crippen molar-refractivity contribution in [1.82, 2.24) is 20.2 Å². The number of benzene rings is 1. The molecule has 2 fully saturated rings. The smallest absolute Gasteiger partial charge is 0.253 e. The lowest BCUT2D eigenvalue weighted by molar-refractivity contribution is -0.148. The number of aliphatic hydroxyl groups excluding tert-OH is 1. The quantitative estimate of drug-likeness (QED) is 0.637. The molecular formula is C22H29N5O4. The number of hydrogen-bond donors (Lipinski definition) is 3. The van der Waals surface area contributed by atoms with Crippen LogP contribution in [0.3, 0.4) is 0 Å². The Labute approximate surface area is 181 Å². The van der Waals surface area contributed by atoms with E-state index in [-0.39, 0.29) is 36.7 Å². The number of rotatable bonds is 6. The van der Waals surface area contributed by atoms with Gasteiger partial charge in [-0.25, -0.2) is 9.97 Å². The van der Waals surface area contributed by atoms with Crippen LogP contribution in [0, 0.1) is 0 Å².